The van der Waals surface area contributed by atoms with Crippen LogP contribution in [0.2, 0.25) is 0 Å². The number of hydrogen-bond acceptors (Lipinski definition) is 4. The molecule has 1 rings (SSSR count). The molecular weight excluding hydrogens is 262 g/mol. The van der Waals surface area contributed by atoms with Crippen LogP contribution in [0.1, 0.15) is 52.8 Å². The predicted molar refractivity (Wildman–Crippen MR) is 89.9 cm³/mol. The Bertz CT molecular complexity index is 438. The molecule has 4 heteroatoms. The highest BCUT2D eigenvalue weighted by molar-refractivity contribution is 5.41. The molecule has 0 bridgehead atoms. The molecule has 0 saturated heterocycles. The van der Waals surface area contributed by atoms with E-state index < -0.39 is 0 Å². The molecule has 120 valence electrons. The molecule has 4 nitrogen and oxygen atoms in total. The van der Waals surface area contributed by atoms with Crippen LogP contribution in [0.15, 0.2) is 12.1 Å². The van der Waals surface area contributed by atoms with Gasteiger partial charge < -0.3 is 15.4 Å². The molecule has 1 heterocycles. The minimum absolute atomic E-state index is 0.0388. The first-order chi connectivity index (χ1) is 9.72. The van der Waals surface area contributed by atoms with Crippen molar-refractivity contribution in [3.8, 4) is 0 Å². The van der Waals surface area contributed by atoms with E-state index in [2.05, 4.69) is 57.4 Å². The van der Waals surface area contributed by atoms with Gasteiger partial charge >= 0.3 is 0 Å². The second-order valence-corrected chi connectivity index (χ2v) is 6.96. The molecule has 21 heavy (non-hydrogen) atoms. The maximum atomic E-state index is 5.28. The standard InChI is InChI=1S/C17H31N3O/c1-12(2)18-11-14-8-15(17(4,5)6)20-16(9-14)19-10-13(3)21-7/h8-9,12-13,18H,10-11H2,1-7H3,(H,19,20). The van der Waals surface area contributed by atoms with Crippen molar-refractivity contribution < 1.29 is 4.74 Å². The predicted octanol–water partition coefficient (Wildman–Crippen LogP) is 3.32. The number of nitrogens with zero attached hydrogens (tertiary/aromatic N) is 1. The summed E-state index contributed by atoms with van der Waals surface area (Å²) in [6, 6.07) is 4.79. The van der Waals surface area contributed by atoms with Gasteiger partial charge in [-0.25, -0.2) is 4.98 Å². The molecule has 0 spiro atoms. The average molecular weight is 293 g/mol. The van der Waals surface area contributed by atoms with Gasteiger partial charge in [0.25, 0.3) is 0 Å². The fraction of sp³-hybridized carbons (Fsp3) is 0.706. The monoisotopic (exact) mass is 293 g/mol. The molecule has 1 atom stereocenters. The number of anilines is 1. The van der Waals surface area contributed by atoms with Crippen LogP contribution >= 0.6 is 0 Å². The van der Waals surface area contributed by atoms with Gasteiger partial charge in [-0.2, -0.15) is 0 Å². The van der Waals surface area contributed by atoms with Crippen molar-refractivity contribution in [3.05, 3.63) is 23.4 Å². The summed E-state index contributed by atoms with van der Waals surface area (Å²) in [7, 11) is 1.73. The number of rotatable bonds is 7. The Labute approximate surface area is 129 Å². The van der Waals surface area contributed by atoms with E-state index in [0.29, 0.717) is 6.04 Å². The van der Waals surface area contributed by atoms with Gasteiger partial charge in [0.1, 0.15) is 5.82 Å². The zero-order valence-electron chi connectivity index (χ0n) is 14.6. The number of hydrogen-bond donors (Lipinski definition) is 2. The van der Waals surface area contributed by atoms with Crippen LogP contribution in [0, 0.1) is 0 Å². The van der Waals surface area contributed by atoms with Gasteiger partial charge in [-0.3, -0.25) is 0 Å². The van der Waals surface area contributed by atoms with Crippen LogP contribution in [0.4, 0.5) is 5.82 Å². The normalized spacial score (nSPS) is 13.5. The Balaban J connectivity index is 2.92. The zero-order valence-corrected chi connectivity index (χ0v) is 14.6. The molecule has 0 fully saturated rings. The van der Waals surface area contributed by atoms with E-state index in [1.54, 1.807) is 7.11 Å². The Kier molecular flexibility index (Phi) is 6.62. The quantitative estimate of drug-likeness (QED) is 0.809. The lowest BCUT2D eigenvalue weighted by Gasteiger charge is -2.21. The molecular formula is C17H31N3O. The van der Waals surface area contributed by atoms with Gasteiger partial charge in [-0.05, 0) is 24.6 Å². The minimum atomic E-state index is 0.0388. The highest BCUT2D eigenvalue weighted by atomic mass is 16.5. The van der Waals surface area contributed by atoms with Crippen LogP contribution in [0.3, 0.4) is 0 Å². The lowest BCUT2D eigenvalue weighted by Crippen LogP contribution is -2.24. The van der Waals surface area contributed by atoms with Crippen molar-refractivity contribution in [2.75, 3.05) is 19.0 Å². The number of nitrogens with one attached hydrogen (secondary N) is 2. The molecule has 0 aromatic carbocycles. The van der Waals surface area contributed by atoms with E-state index in [1.165, 1.54) is 5.56 Å². The Morgan fingerprint density at radius 1 is 1.19 bits per heavy atom. The van der Waals surface area contributed by atoms with Gasteiger partial charge in [-0.1, -0.05) is 34.6 Å². The highest BCUT2D eigenvalue weighted by Gasteiger charge is 2.17. The van der Waals surface area contributed by atoms with Crippen molar-refractivity contribution in [1.82, 2.24) is 10.3 Å². The van der Waals surface area contributed by atoms with E-state index >= 15 is 0 Å². The van der Waals surface area contributed by atoms with Crippen LogP contribution in [-0.4, -0.2) is 30.8 Å². The van der Waals surface area contributed by atoms with Crippen LogP contribution in [0.25, 0.3) is 0 Å². The lowest BCUT2D eigenvalue weighted by molar-refractivity contribution is 0.128. The van der Waals surface area contributed by atoms with E-state index in [9.17, 15) is 0 Å². The molecule has 0 aliphatic heterocycles. The van der Waals surface area contributed by atoms with Crippen molar-refractivity contribution >= 4 is 5.82 Å². The van der Waals surface area contributed by atoms with Crippen LogP contribution in [-0.2, 0) is 16.7 Å². The smallest absolute Gasteiger partial charge is 0.126 e. The van der Waals surface area contributed by atoms with Crippen LogP contribution in [0.5, 0.6) is 0 Å². The number of pyridine rings is 1. The minimum Gasteiger partial charge on any atom is -0.380 e. The van der Waals surface area contributed by atoms with E-state index in [4.69, 9.17) is 9.72 Å². The zero-order chi connectivity index (χ0) is 16.0. The summed E-state index contributed by atoms with van der Waals surface area (Å²) in [5, 5.41) is 6.84. The Morgan fingerprint density at radius 3 is 2.38 bits per heavy atom. The third-order valence-electron chi connectivity index (χ3n) is 3.34. The second kappa shape index (κ2) is 7.76. The summed E-state index contributed by atoms with van der Waals surface area (Å²) in [5.41, 5.74) is 2.41. The molecule has 1 aromatic heterocycles. The summed E-state index contributed by atoms with van der Waals surface area (Å²) in [6.07, 6.45) is 0.169. The average Bonchev–Trinajstić information content (AvgIpc) is 2.41. The van der Waals surface area contributed by atoms with Crippen molar-refractivity contribution in [2.45, 2.75) is 65.6 Å². The van der Waals surface area contributed by atoms with Gasteiger partial charge in [0.2, 0.25) is 0 Å². The third kappa shape index (κ3) is 6.44. The van der Waals surface area contributed by atoms with Gasteiger partial charge in [0.15, 0.2) is 0 Å². The van der Waals surface area contributed by atoms with Crippen molar-refractivity contribution in [1.29, 1.82) is 0 Å². The SMILES string of the molecule is COC(C)CNc1cc(CNC(C)C)cc(C(C)(C)C)n1. The second-order valence-electron chi connectivity index (χ2n) is 6.96. The van der Waals surface area contributed by atoms with E-state index in [-0.39, 0.29) is 11.5 Å². The number of methoxy groups -OCH3 is 1. The maximum absolute atomic E-state index is 5.28. The first kappa shape index (κ1) is 17.9. The van der Waals surface area contributed by atoms with E-state index in [1.807, 2.05) is 6.92 Å². The molecule has 0 aliphatic rings. The van der Waals surface area contributed by atoms with E-state index in [0.717, 1.165) is 24.6 Å². The Morgan fingerprint density at radius 2 is 1.86 bits per heavy atom. The molecule has 0 radical (unpaired) electrons. The fourth-order valence-corrected chi connectivity index (χ4v) is 1.82. The van der Waals surface area contributed by atoms with Gasteiger partial charge in [0, 0.05) is 37.4 Å². The number of aromatic nitrogens is 1. The molecule has 1 aromatic rings. The molecule has 0 saturated carbocycles. The first-order valence-electron chi connectivity index (χ1n) is 7.74. The summed E-state index contributed by atoms with van der Waals surface area (Å²) in [6.45, 7) is 14.5. The van der Waals surface area contributed by atoms with Crippen molar-refractivity contribution in [3.63, 3.8) is 0 Å². The first-order valence-corrected chi connectivity index (χ1v) is 7.74. The summed E-state index contributed by atoms with van der Waals surface area (Å²) in [4.78, 5) is 4.74. The lowest BCUT2D eigenvalue weighted by atomic mass is 9.90. The van der Waals surface area contributed by atoms with Crippen LogP contribution < -0.4 is 10.6 Å². The molecule has 0 aliphatic carbocycles. The Hall–Kier alpha value is -1.13. The molecule has 0 amide bonds. The van der Waals surface area contributed by atoms with Gasteiger partial charge in [0.05, 0.1) is 6.10 Å². The fourth-order valence-electron chi connectivity index (χ4n) is 1.82. The number of ether oxygens (including phenoxy) is 1. The summed E-state index contributed by atoms with van der Waals surface area (Å²) in [5.74, 6) is 0.923. The van der Waals surface area contributed by atoms with Gasteiger partial charge in [-0.15, -0.1) is 0 Å². The third-order valence-corrected chi connectivity index (χ3v) is 3.34. The topological polar surface area (TPSA) is 46.2 Å². The largest absolute Gasteiger partial charge is 0.380 e. The molecule has 2 N–H and O–H groups in total. The van der Waals surface area contributed by atoms with Crippen molar-refractivity contribution in [2.24, 2.45) is 0 Å². The highest BCUT2D eigenvalue weighted by Crippen LogP contribution is 2.23. The maximum Gasteiger partial charge on any atom is 0.126 e. The molecule has 1 unspecified atom stereocenters. The summed E-state index contributed by atoms with van der Waals surface area (Å²) < 4.78 is 5.28. The summed E-state index contributed by atoms with van der Waals surface area (Å²) >= 11 is 0.